The Hall–Kier alpha value is -3.11. The molecule has 0 heterocycles. The highest BCUT2D eigenvalue weighted by Crippen LogP contribution is 2.43. The first kappa shape index (κ1) is 52.9. The lowest BCUT2D eigenvalue weighted by Gasteiger charge is -2.19. The number of rotatable bonds is 38. The molecule has 0 bridgehead atoms. The summed E-state index contributed by atoms with van der Waals surface area (Å²) in [6, 6.07) is 0. The molecular formula is C45H74NO9P. The van der Waals surface area contributed by atoms with Crippen molar-refractivity contribution in [3.8, 4) is 0 Å². The summed E-state index contributed by atoms with van der Waals surface area (Å²) in [5.74, 6) is -0.986. The molecule has 0 aliphatic heterocycles. The molecule has 0 amide bonds. The van der Waals surface area contributed by atoms with Gasteiger partial charge in [-0.05, 0) is 96.3 Å². The van der Waals surface area contributed by atoms with Gasteiger partial charge in [0, 0.05) is 26.0 Å². The summed E-state index contributed by atoms with van der Waals surface area (Å²) < 4.78 is 32.6. The van der Waals surface area contributed by atoms with Crippen LogP contribution in [0.5, 0.6) is 0 Å². The number of nitrogens with two attached hydrogens (primary N) is 1. The molecule has 0 saturated heterocycles. The number of aliphatic hydroxyl groups is 1. The molecule has 10 nitrogen and oxygen atoms in total. The predicted octanol–water partition coefficient (Wildman–Crippen LogP) is 10.8. The number of unbranched alkanes of at least 4 members (excludes halogenated alkanes) is 8. The molecule has 0 aromatic heterocycles. The van der Waals surface area contributed by atoms with E-state index in [4.69, 9.17) is 29.4 Å². The summed E-state index contributed by atoms with van der Waals surface area (Å²) in [6.07, 6.45) is 50.3. The van der Waals surface area contributed by atoms with E-state index in [2.05, 4.69) is 85.9 Å². The predicted molar refractivity (Wildman–Crippen MR) is 230 cm³/mol. The molecule has 2 atom stereocenters. The zero-order chi connectivity index (χ0) is 41.1. The standard InChI is InChI=1S/C45H74NO9P/c1-2-3-4-5-6-7-8-9-10-12-15-18-21-24-27-30-33-36-44(48)52-41-43(42-54-56(50,51)53-40-38-46)55-45(49)37-34-31-28-25-22-19-16-13-11-14-17-20-23-26-29-32-35-39-47/h6-7,9-11,14-16,18-20,23-25,27-28,43,47H,2-5,8,12-13,17,21-22,26,29-42,46H2,1H3,(H,50,51)/b7-6-,10-9-,14-11-,18-15-,19-16-,23-20-,27-24-,28-25-/t43-/m1/s1. The van der Waals surface area contributed by atoms with Gasteiger partial charge in [0.2, 0.25) is 0 Å². The Bertz CT molecular complexity index is 1240. The maximum absolute atomic E-state index is 12.5. The third-order valence-electron chi connectivity index (χ3n) is 8.00. The van der Waals surface area contributed by atoms with Gasteiger partial charge >= 0.3 is 19.8 Å². The van der Waals surface area contributed by atoms with Crippen molar-refractivity contribution in [3.63, 3.8) is 0 Å². The summed E-state index contributed by atoms with van der Waals surface area (Å²) in [6.45, 7) is 1.54. The zero-order valence-electron chi connectivity index (χ0n) is 34.3. The Morgan fingerprint density at radius 2 is 1.00 bits per heavy atom. The number of aliphatic hydroxyl groups excluding tert-OH is 1. The van der Waals surface area contributed by atoms with Gasteiger partial charge in [0.1, 0.15) is 6.61 Å². The van der Waals surface area contributed by atoms with Crippen molar-refractivity contribution in [2.45, 2.75) is 141 Å². The van der Waals surface area contributed by atoms with Crippen LogP contribution >= 0.6 is 7.82 Å². The van der Waals surface area contributed by atoms with Gasteiger partial charge in [0.05, 0.1) is 13.2 Å². The van der Waals surface area contributed by atoms with Crippen LogP contribution in [0.4, 0.5) is 0 Å². The fraction of sp³-hybridized carbons (Fsp3) is 0.600. The lowest BCUT2D eigenvalue weighted by Crippen LogP contribution is -2.29. The number of carbonyl (C=O) groups excluding carboxylic acids is 2. The Labute approximate surface area is 339 Å². The van der Waals surface area contributed by atoms with Crippen LogP contribution in [0.25, 0.3) is 0 Å². The zero-order valence-corrected chi connectivity index (χ0v) is 35.2. The second-order valence-electron chi connectivity index (χ2n) is 13.2. The molecule has 0 aromatic carbocycles. The van der Waals surface area contributed by atoms with Gasteiger partial charge in [-0.3, -0.25) is 18.6 Å². The molecule has 0 aliphatic rings. The molecule has 0 saturated carbocycles. The number of hydrogen-bond donors (Lipinski definition) is 3. The van der Waals surface area contributed by atoms with Gasteiger partial charge < -0.3 is 25.2 Å². The van der Waals surface area contributed by atoms with Crippen molar-refractivity contribution in [2.24, 2.45) is 5.73 Å². The molecule has 0 fully saturated rings. The third-order valence-corrected chi connectivity index (χ3v) is 8.98. The number of phosphoric ester groups is 1. The average molecular weight is 804 g/mol. The largest absolute Gasteiger partial charge is 0.472 e. The van der Waals surface area contributed by atoms with Crippen LogP contribution in [0, 0.1) is 0 Å². The van der Waals surface area contributed by atoms with E-state index >= 15 is 0 Å². The van der Waals surface area contributed by atoms with Crippen molar-refractivity contribution in [3.05, 3.63) is 97.2 Å². The minimum atomic E-state index is -4.42. The highest BCUT2D eigenvalue weighted by atomic mass is 31.2. The topological polar surface area (TPSA) is 155 Å². The van der Waals surface area contributed by atoms with Crippen LogP contribution in [-0.2, 0) is 32.7 Å². The van der Waals surface area contributed by atoms with Crippen LogP contribution < -0.4 is 5.73 Å². The highest BCUT2D eigenvalue weighted by molar-refractivity contribution is 7.47. The van der Waals surface area contributed by atoms with Crippen LogP contribution in [0.3, 0.4) is 0 Å². The van der Waals surface area contributed by atoms with Crippen LogP contribution in [-0.4, -0.2) is 61.0 Å². The number of esters is 2. The number of phosphoric acid groups is 1. The molecule has 318 valence electrons. The molecule has 11 heteroatoms. The first-order valence-corrected chi connectivity index (χ1v) is 22.3. The lowest BCUT2D eigenvalue weighted by molar-refractivity contribution is -0.161. The smallest absolute Gasteiger partial charge is 0.462 e. The van der Waals surface area contributed by atoms with E-state index in [1.165, 1.54) is 19.3 Å². The fourth-order valence-corrected chi connectivity index (χ4v) is 5.66. The molecule has 0 rings (SSSR count). The quantitative estimate of drug-likeness (QED) is 0.0238. The molecule has 0 radical (unpaired) electrons. The van der Waals surface area contributed by atoms with E-state index < -0.39 is 32.5 Å². The van der Waals surface area contributed by atoms with Crippen molar-refractivity contribution < 1.29 is 42.7 Å². The SMILES string of the molecule is CCCCC/C=C\C/C=C\C/C=C\C/C=C\CCCC(=O)OC[C@H](COP(=O)(O)OCCN)OC(=O)CCC/C=C\C/C=C\C/C=C\C/C=C\CCCCCO. The molecule has 4 N–H and O–H groups in total. The summed E-state index contributed by atoms with van der Waals surface area (Å²) in [4.78, 5) is 34.8. The van der Waals surface area contributed by atoms with Crippen molar-refractivity contribution in [2.75, 3.05) is 33.0 Å². The number of hydrogen-bond acceptors (Lipinski definition) is 9. The first-order chi connectivity index (χ1) is 27.3. The van der Waals surface area contributed by atoms with E-state index in [0.717, 1.165) is 77.0 Å². The number of ether oxygens (including phenoxy) is 2. The van der Waals surface area contributed by atoms with Crippen LogP contribution in [0.2, 0.25) is 0 Å². The lowest BCUT2D eigenvalue weighted by atomic mass is 10.2. The van der Waals surface area contributed by atoms with E-state index in [0.29, 0.717) is 19.3 Å². The first-order valence-electron chi connectivity index (χ1n) is 20.8. The minimum Gasteiger partial charge on any atom is -0.462 e. The maximum atomic E-state index is 12.5. The van der Waals surface area contributed by atoms with Gasteiger partial charge in [-0.2, -0.15) is 0 Å². The molecule has 56 heavy (non-hydrogen) atoms. The minimum absolute atomic E-state index is 0.0275. The second-order valence-corrected chi connectivity index (χ2v) is 14.7. The van der Waals surface area contributed by atoms with E-state index in [-0.39, 0.29) is 39.2 Å². The van der Waals surface area contributed by atoms with Gasteiger partial charge in [-0.15, -0.1) is 0 Å². The Morgan fingerprint density at radius 1 is 0.571 bits per heavy atom. The van der Waals surface area contributed by atoms with Crippen molar-refractivity contribution >= 4 is 19.8 Å². The van der Waals surface area contributed by atoms with E-state index in [1.807, 2.05) is 18.2 Å². The normalized spacial score (nSPS) is 14.3. The molecular weight excluding hydrogens is 729 g/mol. The highest BCUT2D eigenvalue weighted by Gasteiger charge is 2.25. The summed E-state index contributed by atoms with van der Waals surface area (Å²) >= 11 is 0. The van der Waals surface area contributed by atoms with E-state index in [9.17, 15) is 19.0 Å². The summed E-state index contributed by atoms with van der Waals surface area (Å²) in [5.41, 5.74) is 5.33. The van der Waals surface area contributed by atoms with Crippen LogP contribution in [0.1, 0.15) is 135 Å². The maximum Gasteiger partial charge on any atom is 0.472 e. The van der Waals surface area contributed by atoms with Gasteiger partial charge in [0.15, 0.2) is 6.10 Å². The van der Waals surface area contributed by atoms with E-state index in [1.54, 1.807) is 0 Å². The average Bonchev–Trinajstić information content (AvgIpc) is 3.18. The van der Waals surface area contributed by atoms with Gasteiger partial charge in [-0.1, -0.05) is 123 Å². The molecule has 0 aromatic rings. The van der Waals surface area contributed by atoms with Crippen LogP contribution in [0.15, 0.2) is 97.2 Å². The Balaban J connectivity index is 4.39. The Morgan fingerprint density at radius 3 is 1.45 bits per heavy atom. The Kier molecular flexibility index (Phi) is 39.2. The summed E-state index contributed by atoms with van der Waals surface area (Å²) in [5, 5.41) is 8.79. The van der Waals surface area contributed by atoms with Gasteiger partial charge in [0.25, 0.3) is 0 Å². The molecule has 1 unspecified atom stereocenters. The van der Waals surface area contributed by atoms with Crippen molar-refractivity contribution in [1.82, 2.24) is 0 Å². The number of allylic oxidation sites excluding steroid dienone is 16. The van der Waals surface area contributed by atoms with Gasteiger partial charge in [-0.25, -0.2) is 4.57 Å². The monoisotopic (exact) mass is 804 g/mol. The second kappa shape index (κ2) is 41.5. The molecule has 0 aliphatic carbocycles. The summed E-state index contributed by atoms with van der Waals surface area (Å²) in [7, 11) is -4.42. The third kappa shape index (κ3) is 40.6. The number of carbonyl (C=O) groups is 2. The fourth-order valence-electron chi connectivity index (χ4n) is 4.89. The van der Waals surface area contributed by atoms with Crippen molar-refractivity contribution in [1.29, 1.82) is 0 Å². The molecule has 0 spiro atoms.